The second-order valence-corrected chi connectivity index (χ2v) is 6.79. The molecule has 1 heteroatoms. The number of hydrogen-bond acceptors (Lipinski definition) is 1. The summed E-state index contributed by atoms with van der Waals surface area (Å²) in [6.07, 6.45) is 16.8. The molecule has 0 saturated carbocycles. The Kier molecular flexibility index (Phi) is 1.78. The number of nitrogens with zero attached hydrogens (tertiary/aromatic N) is 1. The summed E-state index contributed by atoms with van der Waals surface area (Å²) in [5, 5.41) is 0. The lowest BCUT2D eigenvalue weighted by Crippen LogP contribution is -2.73. The van der Waals surface area contributed by atoms with Crippen LogP contribution in [0.3, 0.4) is 0 Å². The van der Waals surface area contributed by atoms with Crippen molar-refractivity contribution in [1.82, 2.24) is 4.90 Å². The van der Waals surface area contributed by atoms with Crippen LogP contribution in [0.2, 0.25) is 0 Å². The Morgan fingerprint density at radius 1 is 1.00 bits per heavy atom. The van der Waals surface area contributed by atoms with E-state index in [0.717, 1.165) is 12.0 Å². The highest BCUT2D eigenvalue weighted by Gasteiger charge is 2.59. The van der Waals surface area contributed by atoms with Gasteiger partial charge in [-0.2, -0.15) is 0 Å². The maximum atomic E-state index is 2.99. The first kappa shape index (κ1) is 9.70. The monoisotopic (exact) mass is 217 g/mol. The molecule has 4 rings (SSSR count). The van der Waals surface area contributed by atoms with Gasteiger partial charge < -0.3 is 0 Å². The lowest BCUT2D eigenvalue weighted by atomic mass is 9.58. The standard InChI is InChI=1S/C15H23N/c1-14-8-3-10-15-9-2-4-13(16(14)15)6-5-12(14)7-11-15/h5-6,12-13H,2-4,7-11H2,1H3/t12-,13+,14-,15-/m1/s1. The van der Waals surface area contributed by atoms with Crippen molar-refractivity contribution >= 4 is 0 Å². The van der Waals surface area contributed by atoms with Gasteiger partial charge in [-0.3, -0.25) is 4.90 Å². The minimum Gasteiger partial charge on any atom is -0.285 e. The highest BCUT2D eigenvalue weighted by atomic mass is 15.3. The molecule has 0 aromatic heterocycles. The molecule has 4 atom stereocenters. The van der Waals surface area contributed by atoms with E-state index in [-0.39, 0.29) is 0 Å². The van der Waals surface area contributed by atoms with Crippen LogP contribution in [-0.2, 0) is 0 Å². The highest BCUT2D eigenvalue weighted by Crippen LogP contribution is 2.58. The van der Waals surface area contributed by atoms with Crippen LogP contribution in [0.15, 0.2) is 12.2 Å². The molecule has 3 saturated heterocycles. The van der Waals surface area contributed by atoms with E-state index in [0.29, 0.717) is 11.1 Å². The van der Waals surface area contributed by atoms with Crippen LogP contribution in [0.1, 0.15) is 58.3 Å². The topological polar surface area (TPSA) is 3.24 Å². The molecule has 0 aliphatic carbocycles. The molecular weight excluding hydrogens is 194 g/mol. The Morgan fingerprint density at radius 2 is 1.88 bits per heavy atom. The quantitative estimate of drug-likeness (QED) is 0.561. The van der Waals surface area contributed by atoms with Crippen LogP contribution in [0, 0.1) is 5.92 Å². The molecule has 0 aromatic carbocycles. The van der Waals surface area contributed by atoms with Crippen molar-refractivity contribution in [2.75, 3.05) is 0 Å². The summed E-state index contributed by atoms with van der Waals surface area (Å²) in [5.41, 5.74) is 1.15. The van der Waals surface area contributed by atoms with E-state index in [1.54, 1.807) is 0 Å². The van der Waals surface area contributed by atoms with E-state index in [9.17, 15) is 0 Å². The summed E-state index contributed by atoms with van der Waals surface area (Å²) in [5.74, 6) is 0.857. The predicted molar refractivity (Wildman–Crippen MR) is 66.3 cm³/mol. The molecule has 4 aliphatic heterocycles. The normalized spacial score (nSPS) is 55.1. The van der Waals surface area contributed by atoms with Crippen LogP contribution >= 0.6 is 0 Å². The zero-order valence-electron chi connectivity index (χ0n) is 10.4. The second kappa shape index (κ2) is 2.93. The van der Waals surface area contributed by atoms with E-state index in [1.165, 1.54) is 51.4 Å². The molecule has 0 amide bonds. The van der Waals surface area contributed by atoms with Gasteiger partial charge in [0.1, 0.15) is 0 Å². The fourth-order valence-electron chi connectivity index (χ4n) is 5.52. The van der Waals surface area contributed by atoms with Gasteiger partial charge in [0, 0.05) is 17.1 Å². The average molecular weight is 217 g/mol. The van der Waals surface area contributed by atoms with Crippen molar-refractivity contribution in [2.24, 2.45) is 5.92 Å². The predicted octanol–water partition coefficient (Wildman–Crippen LogP) is 3.50. The summed E-state index contributed by atoms with van der Waals surface area (Å²) in [6, 6.07) is 0.788. The van der Waals surface area contributed by atoms with Gasteiger partial charge in [0.15, 0.2) is 0 Å². The Morgan fingerprint density at radius 3 is 2.81 bits per heavy atom. The van der Waals surface area contributed by atoms with Gasteiger partial charge in [0.2, 0.25) is 0 Å². The van der Waals surface area contributed by atoms with Gasteiger partial charge in [-0.05, 0) is 64.2 Å². The first-order chi connectivity index (χ1) is 7.75. The van der Waals surface area contributed by atoms with Crippen molar-refractivity contribution in [1.29, 1.82) is 0 Å². The number of rotatable bonds is 0. The fraction of sp³-hybridized carbons (Fsp3) is 0.867. The maximum absolute atomic E-state index is 2.99. The fourth-order valence-corrected chi connectivity index (χ4v) is 5.52. The Balaban J connectivity index is 1.89. The van der Waals surface area contributed by atoms with Gasteiger partial charge in [-0.25, -0.2) is 0 Å². The molecule has 0 radical (unpaired) electrons. The highest BCUT2D eigenvalue weighted by molar-refractivity contribution is 5.23. The number of piperidine rings is 3. The van der Waals surface area contributed by atoms with E-state index in [2.05, 4.69) is 24.0 Å². The van der Waals surface area contributed by atoms with Crippen molar-refractivity contribution in [3.63, 3.8) is 0 Å². The average Bonchev–Trinajstić information content (AvgIpc) is 2.26. The first-order valence-corrected chi connectivity index (χ1v) is 7.22. The van der Waals surface area contributed by atoms with E-state index in [1.807, 2.05) is 0 Å². The molecule has 4 heterocycles. The van der Waals surface area contributed by atoms with Crippen LogP contribution < -0.4 is 0 Å². The summed E-state index contributed by atoms with van der Waals surface area (Å²) >= 11 is 0. The number of hydrogen-bond donors (Lipinski definition) is 0. The summed E-state index contributed by atoms with van der Waals surface area (Å²) in [4.78, 5) is 2.99. The van der Waals surface area contributed by atoms with Crippen LogP contribution in [0.4, 0.5) is 0 Å². The van der Waals surface area contributed by atoms with Crippen LogP contribution in [-0.4, -0.2) is 22.0 Å². The van der Waals surface area contributed by atoms with Gasteiger partial charge in [0.25, 0.3) is 0 Å². The maximum Gasteiger partial charge on any atom is 0.0289 e. The Bertz CT molecular complexity index is 343. The molecule has 0 unspecified atom stereocenters. The smallest absolute Gasteiger partial charge is 0.0289 e. The zero-order valence-corrected chi connectivity index (χ0v) is 10.4. The summed E-state index contributed by atoms with van der Waals surface area (Å²) in [7, 11) is 0. The molecule has 16 heavy (non-hydrogen) atoms. The van der Waals surface area contributed by atoms with Crippen LogP contribution in [0.25, 0.3) is 0 Å². The van der Waals surface area contributed by atoms with Gasteiger partial charge >= 0.3 is 0 Å². The molecule has 0 N–H and O–H groups in total. The zero-order chi connectivity index (χ0) is 10.8. The SMILES string of the molecule is C[C@@]12CCC[C@]34CCC[C@@H](C=C[C@@H]1CC3)N42. The minimum absolute atomic E-state index is 0.524. The summed E-state index contributed by atoms with van der Waals surface area (Å²) < 4.78 is 0. The molecule has 88 valence electrons. The molecule has 0 spiro atoms. The second-order valence-electron chi connectivity index (χ2n) is 6.79. The largest absolute Gasteiger partial charge is 0.285 e. The van der Waals surface area contributed by atoms with Crippen molar-refractivity contribution < 1.29 is 0 Å². The minimum atomic E-state index is 0.524. The molecule has 4 bridgehead atoms. The van der Waals surface area contributed by atoms with E-state index in [4.69, 9.17) is 0 Å². The van der Waals surface area contributed by atoms with Crippen molar-refractivity contribution in [3.05, 3.63) is 12.2 Å². The molecule has 0 aromatic rings. The van der Waals surface area contributed by atoms with E-state index < -0.39 is 0 Å². The van der Waals surface area contributed by atoms with Crippen molar-refractivity contribution in [3.8, 4) is 0 Å². The Hall–Kier alpha value is -0.300. The van der Waals surface area contributed by atoms with Crippen LogP contribution in [0.5, 0.6) is 0 Å². The summed E-state index contributed by atoms with van der Waals surface area (Å²) in [6.45, 7) is 2.56. The molecule has 1 nitrogen and oxygen atoms in total. The lowest BCUT2D eigenvalue weighted by molar-refractivity contribution is -0.157. The molecule has 4 aliphatic rings. The molecule has 3 fully saturated rings. The van der Waals surface area contributed by atoms with Gasteiger partial charge in [-0.1, -0.05) is 12.2 Å². The Labute approximate surface area is 98.9 Å². The van der Waals surface area contributed by atoms with Gasteiger partial charge in [-0.15, -0.1) is 0 Å². The third kappa shape index (κ3) is 0.971. The van der Waals surface area contributed by atoms with Gasteiger partial charge in [0.05, 0.1) is 0 Å². The third-order valence-electron chi connectivity index (χ3n) is 6.15. The molecular formula is C15H23N. The van der Waals surface area contributed by atoms with E-state index >= 15 is 0 Å². The third-order valence-corrected chi connectivity index (χ3v) is 6.15. The van der Waals surface area contributed by atoms with Crippen molar-refractivity contribution in [2.45, 2.75) is 75.4 Å². The lowest BCUT2D eigenvalue weighted by Gasteiger charge is -2.68. The first-order valence-electron chi connectivity index (χ1n) is 7.22.